The van der Waals surface area contributed by atoms with Gasteiger partial charge >= 0.3 is 6.03 Å². The molecule has 2 aliphatic rings. The Balaban J connectivity index is 1.67. The molecule has 1 fully saturated rings. The van der Waals surface area contributed by atoms with E-state index in [-0.39, 0.29) is 6.03 Å². The molecule has 0 saturated carbocycles. The van der Waals surface area contributed by atoms with Crippen molar-refractivity contribution >= 4 is 36.0 Å². The SMILES string of the molecule is COc1ccccc1/C=C/c1ncc2c(n1)N(C(=O)N1CCCC1)C(C=O)N2C. The molecule has 3 heterocycles. The smallest absolute Gasteiger partial charge is 0.327 e. The second-order valence-corrected chi connectivity index (χ2v) is 7.02. The van der Waals surface area contributed by atoms with Gasteiger partial charge in [0.1, 0.15) is 11.4 Å². The number of para-hydroxylation sites is 1. The van der Waals surface area contributed by atoms with Gasteiger partial charge in [-0.25, -0.2) is 19.7 Å². The lowest BCUT2D eigenvalue weighted by Crippen LogP contribution is -2.51. The van der Waals surface area contributed by atoms with Gasteiger partial charge in [0.25, 0.3) is 0 Å². The number of fused-ring (bicyclic) bond motifs is 1. The average molecular weight is 393 g/mol. The van der Waals surface area contributed by atoms with E-state index in [2.05, 4.69) is 9.97 Å². The van der Waals surface area contributed by atoms with E-state index in [1.807, 2.05) is 30.3 Å². The number of likely N-dealkylation sites (N-methyl/N-ethyl adjacent to an activating group) is 1. The summed E-state index contributed by atoms with van der Waals surface area (Å²) in [6, 6.07) is 7.44. The van der Waals surface area contributed by atoms with Crippen molar-refractivity contribution in [1.82, 2.24) is 14.9 Å². The van der Waals surface area contributed by atoms with Crippen LogP contribution in [0.2, 0.25) is 0 Å². The summed E-state index contributed by atoms with van der Waals surface area (Å²) in [5.41, 5.74) is 1.55. The zero-order chi connectivity index (χ0) is 20.4. The molecule has 29 heavy (non-hydrogen) atoms. The number of ether oxygens (including phenoxy) is 1. The van der Waals surface area contributed by atoms with Gasteiger partial charge in [-0.3, -0.25) is 4.79 Å². The largest absolute Gasteiger partial charge is 0.496 e. The van der Waals surface area contributed by atoms with Gasteiger partial charge in [-0.2, -0.15) is 0 Å². The minimum atomic E-state index is -0.721. The van der Waals surface area contributed by atoms with Crippen LogP contribution in [0.4, 0.5) is 16.3 Å². The Kier molecular flexibility index (Phi) is 5.16. The summed E-state index contributed by atoms with van der Waals surface area (Å²) in [5, 5.41) is 0. The summed E-state index contributed by atoms with van der Waals surface area (Å²) in [6.45, 7) is 1.40. The van der Waals surface area contributed by atoms with E-state index in [1.165, 1.54) is 4.90 Å². The molecule has 0 bridgehead atoms. The molecule has 1 unspecified atom stereocenters. The second kappa shape index (κ2) is 7.90. The molecule has 1 saturated heterocycles. The zero-order valence-electron chi connectivity index (χ0n) is 16.5. The number of hydrogen-bond acceptors (Lipinski definition) is 6. The number of aromatic nitrogens is 2. The molecule has 0 spiro atoms. The lowest BCUT2D eigenvalue weighted by Gasteiger charge is -2.28. The number of carbonyl (C=O) groups excluding carboxylic acids is 2. The minimum Gasteiger partial charge on any atom is -0.496 e. The number of likely N-dealkylation sites (tertiary alicyclic amines) is 1. The Morgan fingerprint density at radius 2 is 1.97 bits per heavy atom. The molecule has 2 amide bonds. The second-order valence-electron chi connectivity index (χ2n) is 7.02. The van der Waals surface area contributed by atoms with Gasteiger partial charge < -0.3 is 14.5 Å². The van der Waals surface area contributed by atoms with Crippen LogP contribution in [0, 0.1) is 0 Å². The summed E-state index contributed by atoms with van der Waals surface area (Å²) in [5.74, 6) is 1.65. The maximum Gasteiger partial charge on any atom is 0.327 e. The highest BCUT2D eigenvalue weighted by Crippen LogP contribution is 2.37. The molecule has 1 aromatic heterocycles. The first-order valence-corrected chi connectivity index (χ1v) is 9.58. The fourth-order valence-corrected chi connectivity index (χ4v) is 3.71. The summed E-state index contributed by atoms with van der Waals surface area (Å²) < 4.78 is 5.36. The first-order chi connectivity index (χ1) is 14.1. The third-order valence-corrected chi connectivity index (χ3v) is 5.29. The number of urea groups is 1. The lowest BCUT2D eigenvalue weighted by molar-refractivity contribution is -0.108. The van der Waals surface area contributed by atoms with E-state index in [0.717, 1.165) is 30.4 Å². The number of amides is 2. The monoisotopic (exact) mass is 393 g/mol. The molecule has 4 rings (SSSR count). The summed E-state index contributed by atoms with van der Waals surface area (Å²) >= 11 is 0. The van der Waals surface area contributed by atoms with E-state index in [0.29, 0.717) is 30.4 Å². The van der Waals surface area contributed by atoms with Gasteiger partial charge in [-0.05, 0) is 31.1 Å². The first-order valence-electron chi connectivity index (χ1n) is 9.58. The predicted molar refractivity (Wildman–Crippen MR) is 111 cm³/mol. The van der Waals surface area contributed by atoms with Crippen molar-refractivity contribution in [3.05, 3.63) is 41.9 Å². The highest BCUT2D eigenvalue weighted by atomic mass is 16.5. The van der Waals surface area contributed by atoms with Gasteiger partial charge in [0.05, 0.1) is 13.3 Å². The minimum absolute atomic E-state index is 0.191. The lowest BCUT2D eigenvalue weighted by atomic mass is 10.2. The Morgan fingerprint density at radius 3 is 2.69 bits per heavy atom. The van der Waals surface area contributed by atoms with E-state index in [9.17, 15) is 9.59 Å². The van der Waals surface area contributed by atoms with E-state index < -0.39 is 6.17 Å². The molecular weight excluding hydrogens is 370 g/mol. The van der Waals surface area contributed by atoms with Crippen molar-refractivity contribution in [2.24, 2.45) is 0 Å². The molecule has 8 nitrogen and oxygen atoms in total. The number of hydrogen-bond donors (Lipinski definition) is 0. The molecule has 1 aromatic carbocycles. The van der Waals surface area contributed by atoms with Crippen molar-refractivity contribution < 1.29 is 14.3 Å². The quantitative estimate of drug-likeness (QED) is 0.743. The van der Waals surface area contributed by atoms with Gasteiger partial charge in [0.15, 0.2) is 24.1 Å². The molecule has 2 aromatic rings. The van der Waals surface area contributed by atoms with Crippen molar-refractivity contribution in [1.29, 1.82) is 0 Å². The predicted octanol–water partition coefficient (Wildman–Crippen LogP) is 2.65. The number of carbonyl (C=O) groups is 2. The average Bonchev–Trinajstić information content (AvgIpc) is 3.38. The van der Waals surface area contributed by atoms with E-state index in [4.69, 9.17) is 4.74 Å². The fraction of sp³-hybridized carbons (Fsp3) is 0.333. The van der Waals surface area contributed by atoms with Crippen molar-refractivity contribution in [3.8, 4) is 5.75 Å². The molecule has 150 valence electrons. The van der Waals surface area contributed by atoms with Crippen molar-refractivity contribution in [2.45, 2.75) is 19.0 Å². The number of benzene rings is 1. The van der Waals surface area contributed by atoms with Gasteiger partial charge in [0, 0.05) is 25.7 Å². The summed E-state index contributed by atoms with van der Waals surface area (Å²) in [4.78, 5) is 38.8. The van der Waals surface area contributed by atoms with Gasteiger partial charge in [-0.15, -0.1) is 0 Å². The Bertz CT molecular complexity index is 955. The number of anilines is 2. The molecule has 2 aliphatic heterocycles. The maximum absolute atomic E-state index is 13.1. The number of methoxy groups -OCH3 is 1. The number of rotatable bonds is 4. The molecular formula is C21H23N5O3. The normalized spacial score (nSPS) is 18.4. The van der Waals surface area contributed by atoms with E-state index >= 15 is 0 Å². The van der Waals surface area contributed by atoms with Crippen LogP contribution >= 0.6 is 0 Å². The summed E-state index contributed by atoms with van der Waals surface area (Å²) in [6.07, 6.45) is 7.28. The third-order valence-electron chi connectivity index (χ3n) is 5.29. The van der Waals surface area contributed by atoms with Crippen LogP contribution in [0.15, 0.2) is 30.5 Å². The Morgan fingerprint density at radius 1 is 1.21 bits per heavy atom. The van der Waals surface area contributed by atoms with Crippen LogP contribution in [0.1, 0.15) is 24.2 Å². The topological polar surface area (TPSA) is 78.9 Å². The van der Waals surface area contributed by atoms with Crippen LogP contribution in [-0.2, 0) is 4.79 Å². The van der Waals surface area contributed by atoms with Crippen LogP contribution in [-0.4, -0.2) is 60.6 Å². The molecule has 0 radical (unpaired) electrons. The maximum atomic E-state index is 13.1. The van der Waals surface area contributed by atoms with Crippen LogP contribution in [0.3, 0.4) is 0 Å². The molecule has 8 heteroatoms. The Hall–Kier alpha value is -3.42. The van der Waals surface area contributed by atoms with Gasteiger partial charge in [0.2, 0.25) is 0 Å². The third kappa shape index (κ3) is 3.41. The van der Waals surface area contributed by atoms with E-state index in [1.54, 1.807) is 36.2 Å². The first kappa shape index (κ1) is 18.9. The highest BCUT2D eigenvalue weighted by Gasteiger charge is 2.41. The molecule has 0 aliphatic carbocycles. The molecule has 1 atom stereocenters. The van der Waals surface area contributed by atoms with Crippen molar-refractivity contribution in [2.75, 3.05) is 37.0 Å². The number of nitrogens with zero attached hydrogens (tertiary/aromatic N) is 5. The standard InChI is InChI=1S/C21H23N5O3/c1-24-16-13-22-18(10-9-15-7-3-4-8-17(15)29-2)23-20(16)26(19(24)14-27)21(28)25-11-5-6-12-25/h3-4,7-10,13-14,19H,5-6,11-12H2,1-2H3/b10-9+. The Labute approximate surface area is 169 Å². The van der Waals surface area contributed by atoms with Gasteiger partial charge in [-0.1, -0.05) is 18.2 Å². The van der Waals surface area contributed by atoms with Crippen LogP contribution < -0.4 is 14.5 Å². The highest BCUT2D eigenvalue weighted by molar-refractivity contribution is 6.02. The summed E-state index contributed by atoms with van der Waals surface area (Å²) in [7, 11) is 3.39. The number of aldehydes is 1. The fourth-order valence-electron chi connectivity index (χ4n) is 3.71. The molecule has 0 N–H and O–H groups in total. The zero-order valence-corrected chi connectivity index (χ0v) is 16.5. The van der Waals surface area contributed by atoms with Crippen LogP contribution in [0.5, 0.6) is 5.75 Å². The van der Waals surface area contributed by atoms with Crippen molar-refractivity contribution in [3.63, 3.8) is 0 Å². The van der Waals surface area contributed by atoms with Crippen LogP contribution in [0.25, 0.3) is 12.2 Å².